The fourth-order valence-corrected chi connectivity index (χ4v) is 4.22. The molecular formula is C24H28N2O3. The summed E-state index contributed by atoms with van der Waals surface area (Å²) in [6.07, 6.45) is 4.08. The zero-order valence-corrected chi connectivity index (χ0v) is 17.6. The van der Waals surface area contributed by atoms with Crippen LogP contribution in [0.25, 0.3) is 11.5 Å². The summed E-state index contributed by atoms with van der Waals surface area (Å²) in [4.78, 5) is 7.23. The number of methoxy groups -OCH3 is 2. The highest BCUT2D eigenvalue weighted by Gasteiger charge is 2.27. The smallest absolute Gasteiger partial charge is 0.226 e. The van der Waals surface area contributed by atoms with Gasteiger partial charge in [-0.1, -0.05) is 23.8 Å². The Hall–Kier alpha value is -2.79. The van der Waals surface area contributed by atoms with Crippen LogP contribution in [0.15, 0.2) is 47.1 Å². The molecule has 1 fully saturated rings. The van der Waals surface area contributed by atoms with Gasteiger partial charge >= 0.3 is 0 Å². The predicted octanol–water partition coefficient (Wildman–Crippen LogP) is 5.31. The molecule has 0 unspecified atom stereocenters. The normalized spacial score (nSPS) is 16.9. The first-order chi connectivity index (χ1) is 14.1. The summed E-state index contributed by atoms with van der Waals surface area (Å²) in [5.74, 6) is 2.23. The van der Waals surface area contributed by atoms with E-state index in [-0.39, 0.29) is 0 Å². The van der Waals surface area contributed by atoms with Crippen molar-refractivity contribution in [3.05, 3.63) is 65.0 Å². The molecular weight excluding hydrogens is 364 g/mol. The maximum absolute atomic E-state index is 5.82. The molecule has 152 valence electrons. The Morgan fingerprint density at radius 2 is 1.90 bits per heavy atom. The summed E-state index contributed by atoms with van der Waals surface area (Å²) < 4.78 is 16.7. The van der Waals surface area contributed by atoms with Gasteiger partial charge in [0.1, 0.15) is 6.26 Å². The van der Waals surface area contributed by atoms with Crippen molar-refractivity contribution in [2.45, 2.75) is 39.3 Å². The van der Waals surface area contributed by atoms with Crippen molar-refractivity contribution in [1.29, 1.82) is 0 Å². The van der Waals surface area contributed by atoms with Crippen LogP contribution in [0.2, 0.25) is 0 Å². The number of aromatic nitrogens is 1. The fourth-order valence-electron chi connectivity index (χ4n) is 4.22. The molecule has 5 nitrogen and oxygen atoms in total. The van der Waals surface area contributed by atoms with Gasteiger partial charge in [-0.2, -0.15) is 0 Å². The number of oxazole rings is 1. The van der Waals surface area contributed by atoms with Crippen LogP contribution in [-0.4, -0.2) is 30.6 Å². The van der Waals surface area contributed by atoms with Gasteiger partial charge in [-0.15, -0.1) is 0 Å². The standard InChI is InChI=1S/C24H28N2O3/c1-16-7-9-20(17(2)12-16)24-25-19(15-29-24)14-26-11-5-6-21(26)18-8-10-22(27-3)23(13-18)28-4/h7-10,12-13,15,21H,5-6,11,14H2,1-4H3/t21-/m1/s1. The summed E-state index contributed by atoms with van der Waals surface area (Å²) >= 11 is 0. The fraction of sp³-hybridized carbons (Fsp3) is 0.375. The van der Waals surface area contributed by atoms with E-state index in [4.69, 9.17) is 18.9 Å². The average molecular weight is 392 g/mol. The van der Waals surface area contributed by atoms with Crippen LogP contribution in [-0.2, 0) is 6.54 Å². The highest BCUT2D eigenvalue weighted by molar-refractivity contribution is 5.59. The van der Waals surface area contributed by atoms with E-state index in [2.05, 4.69) is 49.1 Å². The van der Waals surface area contributed by atoms with Gasteiger partial charge in [0.2, 0.25) is 5.89 Å². The van der Waals surface area contributed by atoms with Gasteiger partial charge in [-0.3, -0.25) is 4.90 Å². The summed E-state index contributed by atoms with van der Waals surface area (Å²) in [5.41, 5.74) is 5.70. The maximum Gasteiger partial charge on any atom is 0.226 e. The molecule has 0 amide bonds. The molecule has 0 radical (unpaired) electrons. The molecule has 0 N–H and O–H groups in total. The van der Waals surface area contributed by atoms with Crippen molar-refractivity contribution in [1.82, 2.24) is 9.88 Å². The molecule has 1 saturated heterocycles. The highest BCUT2D eigenvalue weighted by atomic mass is 16.5. The molecule has 1 atom stereocenters. The zero-order valence-electron chi connectivity index (χ0n) is 17.6. The number of ether oxygens (including phenoxy) is 2. The Kier molecular flexibility index (Phi) is 5.58. The van der Waals surface area contributed by atoms with Crippen molar-refractivity contribution in [2.24, 2.45) is 0 Å². The van der Waals surface area contributed by atoms with Gasteiger partial charge in [0, 0.05) is 18.2 Å². The van der Waals surface area contributed by atoms with Crippen molar-refractivity contribution in [3.8, 4) is 23.0 Å². The largest absolute Gasteiger partial charge is 0.493 e. The third-order valence-electron chi connectivity index (χ3n) is 5.69. The maximum atomic E-state index is 5.82. The number of rotatable bonds is 6. The second-order valence-corrected chi connectivity index (χ2v) is 7.71. The van der Waals surface area contributed by atoms with E-state index in [1.54, 1.807) is 20.5 Å². The van der Waals surface area contributed by atoms with Crippen molar-refractivity contribution >= 4 is 0 Å². The van der Waals surface area contributed by atoms with Gasteiger partial charge in [0.05, 0.1) is 19.9 Å². The Bertz CT molecular complexity index is 996. The molecule has 1 aliphatic heterocycles. The second-order valence-electron chi connectivity index (χ2n) is 7.71. The van der Waals surface area contributed by atoms with Crippen LogP contribution in [0, 0.1) is 13.8 Å². The lowest BCUT2D eigenvalue weighted by atomic mass is 10.0. The average Bonchev–Trinajstić information content (AvgIpc) is 3.37. The number of hydrogen-bond acceptors (Lipinski definition) is 5. The van der Waals surface area contributed by atoms with Crippen molar-refractivity contribution < 1.29 is 13.9 Å². The summed E-state index contributed by atoms with van der Waals surface area (Å²) in [5, 5.41) is 0. The second kappa shape index (κ2) is 8.29. The first-order valence-electron chi connectivity index (χ1n) is 10.1. The lowest BCUT2D eigenvalue weighted by molar-refractivity contribution is 0.244. The number of benzene rings is 2. The SMILES string of the molecule is COc1ccc([C@H]2CCCN2Cc2coc(-c3ccc(C)cc3C)n2)cc1OC. The lowest BCUT2D eigenvalue weighted by Crippen LogP contribution is -2.23. The van der Waals surface area contributed by atoms with E-state index in [9.17, 15) is 0 Å². The molecule has 2 heterocycles. The molecule has 2 aromatic carbocycles. The number of nitrogens with zero attached hydrogens (tertiary/aromatic N) is 2. The van der Waals surface area contributed by atoms with E-state index >= 15 is 0 Å². The Balaban J connectivity index is 1.53. The van der Waals surface area contributed by atoms with Crippen molar-refractivity contribution in [2.75, 3.05) is 20.8 Å². The van der Waals surface area contributed by atoms with Crippen LogP contribution < -0.4 is 9.47 Å². The summed E-state index contributed by atoms with van der Waals surface area (Å²) in [6, 6.07) is 12.9. The topological polar surface area (TPSA) is 47.7 Å². The highest BCUT2D eigenvalue weighted by Crippen LogP contribution is 2.37. The van der Waals surface area contributed by atoms with Gasteiger partial charge < -0.3 is 13.9 Å². The minimum Gasteiger partial charge on any atom is -0.493 e. The van der Waals surface area contributed by atoms with Gasteiger partial charge in [0.15, 0.2) is 11.5 Å². The number of hydrogen-bond donors (Lipinski definition) is 0. The van der Waals surface area contributed by atoms with Crippen molar-refractivity contribution in [3.63, 3.8) is 0 Å². The molecule has 3 aromatic rings. The third kappa shape index (κ3) is 4.01. The lowest BCUT2D eigenvalue weighted by Gasteiger charge is -2.24. The predicted molar refractivity (Wildman–Crippen MR) is 113 cm³/mol. The first kappa shape index (κ1) is 19.5. The Labute approximate surface area is 172 Å². The molecule has 1 aliphatic rings. The molecule has 0 bridgehead atoms. The number of likely N-dealkylation sites (tertiary alicyclic amines) is 1. The Morgan fingerprint density at radius 1 is 1.07 bits per heavy atom. The van der Waals surface area contributed by atoms with E-state index in [0.29, 0.717) is 11.9 Å². The monoisotopic (exact) mass is 392 g/mol. The molecule has 29 heavy (non-hydrogen) atoms. The van der Waals surface area contributed by atoms with E-state index in [0.717, 1.165) is 42.3 Å². The minimum atomic E-state index is 0.344. The molecule has 4 rings (SSSR count). The van der Waals surface area contributed by atoms with Crippen LogP contribution in [0.5, 0.6) is 11.5 Å². The third-order valence-corrected chi connectivity index (χ3v) is 5.69. The first-order valence-corrected chi connectivity index (χ1v) is 10.1. The van der Waals surface area contributed by atoms with Crippen LogP contribution in [0.4, 0.5) is 0 Å². The van der Waals surface area contributed by atoms with E-state index in [1.807, 2.05) is 6.07 Å². The number of aryl methyl sites for hydroxylation is 2. The van der Waals surface area contributed by atoms with Gasteiger partial charge in [-0.05, 0) is 62.6 Å². The molecule has 0 aliphatic carbocycles. The quantitative estimate of drug-likeness (QED) is 0.569. The van der Waals surface area contributed by atoms with Crippen LogP contribution in [0.1, 0.15) is 41.3 Å². The summed E-state index contributed by atoms with van der Waals surface area (Å²) in [6.45, 7) is 6.01. The van der Waals surface area contributed by atoms with Crippen LogP contribution >= 0.6 is 0 Å². The molecule has 0 spiro atoms. The molecule has 1 aromatic heterocycles. The summed E-state index contributed by atoms with van der Waals surface area (Å²) in [7, 11) is 3.34. The van der Waals surface area contributed by atoms with E-state index in [1.165, 1.54) is 23.1 Å². The van der Waals surface area contributed by atoms with Crippen LogP contribution in [0.3, 0.4) is 0 Å². The zero-order chi connectivity index (χ0) is 20.4. The van der Waals surface area contributed by atoms with E-state index < -0.39 is 0 Å². The molecule has 5 heteroatoms. The molecule has 0 saturated carbocycles. The van der Waals surface area contributed by atoms with Gasteiger partial charge in [-0.25, -0.2) is 4.98 Å². The Morgan fingerprint density at radius 3 is 2.66 bits per heavy atom. The minimum absolute atomic E-state index is 0.344. The van der Waals surface area contributed by atoms with Gasteiger partial charge in [0.25, 0.3) is 0 Å².